The van der Waals surface area contributed by atoms with E-state index in [2.05, 4.69) is 18.0 Å². The molecule has 2 aromatic carbocycles. The maximum atomic E-state index is 11.6. The van der Waals surface area contributed by atoms with Gasteiger partial charge >= 0.3 is 0 Å². The molecule has 0 saturated heterocycles. The van der Waals surface area contributed by atoms with Gasteiger partial charge in [-0.2, -0.15) is 0 Å². The van der Waals surface area contributed by atoms with Crippen LogP contribution in [0.15, 0.2) is 36.4 Å². The van der Waals surface area contributed by atoms with Gasteiger partial charge in [-0.25, -0.2) is 0 Å². The summed E-state index contributed by atoms with van der Waals surface area (Å²) in [7, 11) is 0. The van der Waals surface area contributed by atoms with Gasteiger partial charge < -0.3 is 4.98 Å². The predicted molar refractivity (Wildman–Crippen MR) is 88.5 cm³/mol. The highest BCUT2D eigenvalue weighted by molar-refractivity contribution is 6.35. The molecular weight excluding hydrogens is 305 g/mol. The van der Waals surface area contributed by atoms with Crippen molar-refractivity contribution >= 4 is 40.4 Å². The Morgan fingerprint density at radius 1 is 1.19 bits per heavy atom. The van der Waals surface area contributed by atoms with E-state index in [4.69, 9.17) is 23.2 Å². The molecule has 0 radical (unpaired) electrons. The van der Waals surface area contributed by atoms with E-state index in [1.807, 2.05) is 12.1 Å². The van der Waals surface area contributed by atoms with Gasteiger partial charge in [0.25, 0.3) is 0 Å². The van der Waals surface area contributed by atoms with Crippen LogP contribution in [0.1, 0.15) is 22.8 Å². The zero-order valence-corrected chi connectivity index (χ0v) is 12.9. The SMILES string of the molecule is CCc1cccc2c(C=O)c(-c3cc(Cl)ccc3Cl)[nH]c12. The number of rotatable bonds is 3. The number of aldehydes is 1. The quantitative estimate of drug-likeness (QED) is 0.634. The third kappa shape index (κ3) is 2.35. The molecule has 1 N–H and O–H groups in total. The number of aryl methyl sites for hydroxylation is 1. The number of hydrogen-bond acceptors (Lipinski definition) is 1. The maximum Gasteiger partial charge on any atom is 0.152 e. The van der Waals surface area contributed by atoms with Crippen LogP contribution in [0.3, 0.4) is 0 Å². The number of fused-ring (bicyclic) bond motifs is 1. The van der Waals surface area contributed by atoms with Crippen molar-refractivity contribution in [1.82, 2.24) is 4.98 Å². The molecule has 0 aliphatic rings. The van der Waals surface area contributed by atoms with Crippen LogP contribution in [0.2, 0.25) is 10.0 Å². The van der Waals surface area contributed by atoms with E-state index in [9.17, 15) is 4.79 Å². The Kier molecular flexibility index (Phi) is 3.75. The Morgan fingerprint density at radius 2 is 2.00 bits per heavy atom. The molecule has 1 aromatic heterocycles. The van der Waals surface area contributed by atoms with Crippen LogP contribution < -0.4 is 0 Å². The largest absolute Gasteiger partial charge is 0.354 e. The van der Waals surface area contributed by atoms with E-state index in [0.29, 0.717) is 21.3 Å². The van der Waals surface area contributed by atoms with Gasteiger partial charge in [0.15, 0.2) is 6.29 Å². The summed E-state index contributed by atoms with van der Waals surface area (Å²) >= 11 is 12.3. The zero-order valence-electron chi connectivity index (χ0n) is 11.4. The molecule has 1 heterocycles. The standard InChI is InChI=1S/C17H13Cl2NO/c1-2-10-4-3-5-12-14(9-21)17(20-16(10)12)13-8-11(18)6-7-15(13)19/h3-9,20H,2H2,1H3. The highest BCUT2D eigenvalue weighted by Gasteiger charge is 2.16. The molecule has 0 amide bonds. The number of halogens is 2. The lowest BCUT2D eigenvalue weighted by Crippen LogP contribution is -1.86. The van der Waals surface area contributed by atoms with E-state index in [0.717, 1.165) is 29.2 Å². The summed E-state index contributed by atoms with van der Waals surface area (Å²) in [6.45, 7) is 2.09. The molecule has 0 bridgehead atoms. The zero-order chi connectivity index (χ0) is 15.0. The lowest BCUT2D eigenvalue weighted by molar-refractivity contribution is 0.112. The Labute approximate surface area is 132 Å². The third-order valence-electron chi connectivity index (χ3n) is 3.66. The van der Waals surface area contributed by atoms with Crippen LogP contribution in [0.5, 0.6) is 0 Å². The van der Waals surface area contributed by atoms with Crippen molar-refractivity contribution < 1.29 is 4.79 Å². The van der Waals surface area contributed by atoms with Crippen LogP contribution in [0, 0.1) is 0 Å². The second-order valence-electron chi connectivity index (χ2n) is 4.85. The molecule has 0 atom stereocenters. The van der Waals surface area contributed by atoms with E-state index in [1.165, 1.54) is 5.56 Å². The summed E-state index contributed by atoms with van der Waals surface area (Å²) in [6, 6.07) is 11.2. The monoisotopic (exact) mass is 317 g/mol. The average Bonchev–Trinajstić information content (AvgIpc) is 2.87. The molecule has 3 aromatic rings. The van der Waals surface area contributed by atoms with Crippen molar-refractivity contribution in [2.75, 3.05) is 0 Å². The van der Waals surface area contributed by atoms with Crippen LogP contribution in [-0.2, 0) is 6.42 Å². The number of benzene rings is 2. The molecule has 3 rings (SSSR count). The Balaban J connectivity index is 2.37. The number of para-hydroxylation sites is 1. The predicted octanol–water partition coefficient (Wildman–Crippen LogP) is 5.52. The first-order chi connectivity index (χ1) is 10.2. The minimum absolute atomic E-state index is 0.562. The number of aromatic amines is 1. The summed E-state index contributed by atoms with van der Waals surface area (Å²) in [5.41, 5.74) is 4.22. The normalized spacial score (nSPS) is 11.0. The fourth-order valence-electron chi connectivity index (χ4n) is 2.62. The number of H-pyrrole nitrogens is 1. The molecule has 2 nitrogen and oxygen atoms in total. The van der Waals surface area contributed by atoms with Crippen molar-refractivity contribution in [2.24, 2.45) is 0 Å². The topological polar surface area (TPSA) is 32.9 Å². The maximum absolute atomic E-state index is 11.6. The highest BCUT2D eigenvalue weighted by Crippen LogP contribution is 2.36. The smallest absolute Gasteiger partial charge is 0.152 e. The minimum Gasteiger partial charge on any atom is -0.354 e. The molecule has 4 heteroatoms. The van der Waals surface area contributed by atoms with Gasteiger partial charge in [-0.15, -0.1) is 0 Å². The van der Waals surface area contributed by atoms with E-state index in [1.54, 1.807) is 18.2 Å². The van der Waals surface area contributed by atoms with E-state index in [-0.39, 0.29) is 0 Å². The first-order valence-corrected chi connectivity index (χ1v) is 7.45. The second-order valence-corrected chi connectivity index (χ2v) is 5.69. The van der Waals surface area contributed by atoms with Crippen molar-refractivity contribution in [2.45, 2.75) is 13.3 Å². The summed E-state index contributed by atoms with van der Waals surface area (Å²) in [5.74, 6) is 0. The molecule has 0 aliphatic heterocycles. The van der Waals surface area contributed by atoms with Crippen molar-refractivity contribution in [3.8, 4) is 11.3 Å². The van der Waals surface area contributed by atoms with Gasteiger partial charge in [0.1, 0.15) is 0 Å². The number of aromatic nitrogens is 1. The lowest BCUT2D eigenvalue weighted by Gasteiger charge is -2.04. The van der Waals surface area contributed by atoms with Crippen molar-refractivity contribution in [1.29, 1.82) is 0 Å². The number of carbonyl (C=O) groups excluding carboxylic acids is 1. The first-order valence-electron chi connectivity index (χ1n) is 6.70. The summed E-state index contributed by atoms with van der Waals surface area (Å²) in [6.07, 6.45) is 1.75. The lowest BCUT2D eigenvalue weighted by atomic mass is 10.0. The Hall–Kier alpha value is -1.77. The highest BCUT2D eigenvalue weighted by atomic mass is 35.5. The molecule has 0 saturated carbocycles. The molecule has 0 unspecified atom stereocenters. The molecule has 0 spiro atoms. The minimum atomic E-state index is 0.562. The third-order valence-corrected chi connectivity index (χ3v) is 4.22. The van der Waals surface area contributed by atoms with E-state index < -0.39 is 0 Å². The Bertz CT molecular complexity index is 836. The van der Waals surface area contributed by atoms with Crippen LogP contribution in [0.25, 0.3) is 22.2 Å². The summed E-state index contributed by atoms with van der Waals surface area (Å²) in [5, 5.41) is 2.06. The fraction of sp³-hybridized carbons (Fsp3) is 0.118. The summed E-state index contributed by atoms with van der Waals surface area (Å²) < 4.78 is 0. The number of hydrogen-bond donors (Lipinski definition) is 1. The first kappa shape index (κ1) is 14.2. The van der Waals surface area contributed by atoms with Gasteiger partial charge in [-0.05, 0) is 30.2 Å². The molecule has 0 aliphatic carbocycles. The fourth-order valence-corrected chi connectivity index (χ4v) is 3.00. The van der Waals surface area contributed by atoms with Gasteiger partial charge in [0.05, 0.1) is 10.7 Å². The van der Waals surface area contributed by atoms with Gasteiger partial charge in [0, 0.05) is 27.1 Å². The van der Waals surface area contributed by atoms with E-state index >= 15 is 0 Å². The van der Waals surface area contributed by atoms with Gasteiger partial charge in [0.2, 0.25) is 0 Å². The van der Waals surface area contributed by atoms with Crippen LogP contribution >= 0.6 is 23.2 Å². The van der Waals surface area contributed by atoms with Crippen molar-refractivity contribution in [3.63, 3.8) is 0 Å². The number of carbonyl (C=O) groups is 1. The average molecular weight is 318 g/mol. The second kappa shape index (κ2) is 5.55. The van der Waals surface area contributed by atoms with Crippen molar-refractivity contribution in [3.05, 3.63) is 57.6 Å². The molecular formula is C17H13Cl2NO. The van der Waals surface area contributed by atoms with Crippen LogP contribution in [-0.4, -0.2) is 11.3 Å². The molecule has 106 valence electrons. The van der Waals surface area contributed by atoms with Gasteiger partial charge in [-0.3, -0.25) is 4.79 Å². The molecule has 0 fully saturated rings. The van der Waals surface area contributed by atoms with Gasteiger partial charge in [-0.1, -0.05) is 48.3 Å². The summed E-state index contributed by atoms with van der Waals surface area (Å²) in [4.78, 5) is 14.9. The molecule has 21 heavy (non-hydrogen) atoms. The Morgan fingerprint density at radius 3 is 2.71 bits per heavy atom. The number of nitrogens with one attached hydrogen (secondary N) is 1. The van der Waals surface area contributed by atoms with Crippen LogP contribution in [0.4, 0.5) is 0 Å².